The number of nitriles is 1. The maximum atomic E-state index is 13.4. The fraction of sp³-hybridized carbons (Fsp3) is 0. The lowest BCUT2D eigenvalue weighted by atomic mass is 10.3. The van der Waals surface area contributed by atoms with E-state index in [0.717, 1.165) is 0 Å². The van der Waals surface area contributed by atoms with Gasteiger partial charge in [-0.15, -0.1) is 0 Å². The van der Waals surface area contributed by atoms with Gasteiger partial charge in [-0.3, -0.25) is 0 Å². The highest BCUT2D eigenvalue weighted by molar-refractivity contribution is 6.30. The first-order valence-electron chi connectivity index (χ1n) is 4.69. The van der Waals surface area contributed by atoms with Crippen LogP contribution in [-0.2, 0) is 0 Å². The molecule has 0 aliphatic heterocycles. The normalized spacial score (nSPS) is 9.71. The number of para-hydroxylation sites is 1. The molecule has 0 amide bonds. The van der Waals surface area contributed by atoms with E-state index in [1.807, 2.05) is 6.07 Å². The van der Waals surface area contributed by atoms with Crippen LogP contribution < -0.4 is 4.74 Å². The Morgan fingerprint density at radius 3 is 2.71 bits per heavy atom. The molecule has 1 aromatic carbocycles. The molecule has 0 radical (unpaired) electrons. The summed E-state index contributed by atoms with van der Waals surface area (Å²) in [6, 6.07) is 9.23. The molecule has 5 heteroatoms. The second-order valence-corrected chi connectivity index (χ2v) is 3.48. The van der Waals surface area contributed by atoms with Crippen LogP contribution in [0.3, 0.4) is 0 Å². The monoisotopic (exact) mass is 248 g/mol. The Bertz CT molecular complexity index is 595. The molecule has 0 atom stereocenters. The molecule has 0 spiro atoms. The number of hydrogen-bond acceptors (Lipinski definition) is 3. The van der Waals surface area contributed by atoms with Gasteiger partial charge in [0.05, 0.1) is 0 Å². The van der Waals surface area contributed by atoms with Crippen LogP contribution in [0.5, 0.6) is 11.5 Å². The minimum atomic E-state index is -0.510. The summed E-state index contributed by atoms with van der Waals surface area (Å²) in [5, 5.41) is 8.93. The van der Waals surface area contributed by atoms with Gasteiger partial charge < -0.3 is 4.74 Å². The Morgan fingerprint density at radius 2 is 2.00 bits per heavy atom. The molecule has 2 rings (SSSR count). The summed E-state index contributed by atoms with van der Waals surface area (Å²) in [5.41, 5.74) is 0.0809. The van der Waals surface area contributed by atoms with Gasteiger partial charge in [-0.25, -0.2) is 9.37 Å². The molecule has 0 bridgehead atoms. The molecule has 0 aliphatic carbocycles. The fourth-order valence-electron chi connectivity index (χ4n) is 1.25. The molecule has 0 fully saturated rings. The minimum absolute atomic E-state index is 0.0290. The summed E-state index contributed by atoms with van der Waals surface area (Å²) in [6.45, 7) is 0. The Hall–Kier alpha value is -2.12. The van der Waals surface area contributed by atoms with E-state index in [1.54, 1.807) is 12.1 Å². The van der Waals surface area contributed by atoms with E-state index >= 15 is 0 Å². The van der Waals surface area contributed by atoms with Gasteiger partial charge in [0.1, 0.15) is 17.4 Å². The lowest BCUT2D eigenvalue weighted by molar-refractivity contribution is 0.440. The largest absolute Gasteiger partial charge is 0.453 e. The van der Waals surface area contributed by atoms with Crippen molar-refractivity contribution in [3.05, 3.63) is 53.1 Å². The Labute approximate surface area is 102 Å². The number of hydrogen-bond donors (Lipinski definition) is 0. The number of halogens is 2. The van der Waals surface area contributed by atoms with Gasteiger partial charge in [0.2, 0.25) is 0 Å². The van der Waals surface area contributed by atoms with Crippen molar-refractivity contribution in [2.24, 2.45) is 0 Å². The van der Waals surface area contributed by atoms with Gasteiger partial charge in [-0.2, -0.15) is 5.26 Å². The minimum Gasteiger partial charge on any atom is -0.453 e. The van der Waals surface area contributed by atoms with Crippen molar-refractivity contribution in [2.75, 3.05) is 0 Å². The first-order chi connectivity index (χ1) is 8.22. The first-order valence-corrected chi connectivity index (χ1v) is 5.07. The Balaban J connectivity index is 2.41. The summed E-state index contributed by atoms with van der Waals surface area (Å²) < 4.78 is 18.6. The third-order valence-electron chi connectivity index (χ3n) is 2.03. The number of ether oxygens (including phenoxy) is 1. The van der Waals surface area contributed by atoms with Crippen LogP contribution in [0.4, 0.5) is 4.39 Å². The van der Waals surface area contributed by atoms with Crippen molar-refractivity contribution in [1.29, 1.82) is 5.26 Å². The fourth-order valence-corrected chi connectivity index (χ4v) is 1.44. The predicted molar refractivity (Wildman–Crippen MR) is 60.4 cm³/mol. The number of benzene rings is 1. The van der Waals surface area contributed by atoms with Crippen LogP contribution in [0.2, 0.25) is 5.15 Å². The van der Waals surface area contributed by atoms with Gasteiger partial charge in [0.25, 0.3) is 0 Å². The number of nitrogens with zero attached hydrogens (tertiary/aromatic N) is 2. The van der Waals surface area contributed by atoms with Crippen molar-refractivity contribution in [1.82, 2.24) is 4.98 Å². The summed E-state index contributed by atoms with van der Waals surface area (Å²) in [5.74, 6) is -0.298. The molecule has 0 saturated carbocycles. The van der Waals surface area contributed by atoms with Crippen LogP contribution in [0.15, 0.2) is 36.5 Å². The molecule has 0 aliphatic rings. The molecule has 0 saturated heterocycles. The number of pyridine rings is 1. The molecular formula is C12H6ClFN2O. The van der Waals surface area contributed by atoms with E-state index in [4.69, 9.17) is 21.6 Å². The van der Waals surface area contributed by atoms with Gasteiger partial charge in [0.15, 0.2) is 16.7 Å². The maximum Gasteiger partial charge on any atom is 0.165 e. The molecule has 2 aromatic rings. The zero-order valence-corrected chi connectivity index (χ0v) is 9.28. The second-order valence-electron chi connectivity index (χ2n) is 3.12. The van der Waals surface area contributed by atoms with Crippen LogP contribution in [0, 0.1) is 17.1 Å². The zero-order chi connectivity index (χ0) is 12.3. The Morgan fingerprint density at radius 1 is 1.24 bits per heavy atom. The van der Waals surface area contributed by atoms with E-state index in [1.165, 1.54) is 24.4 Å². The maximum absolute atomic E-state index is 13.4. The van der Waals surface area contributed by atoms with Crippen LogP contribution in [-0.4, -0.2) is 4.98 Å². The van der Waals surface area contributed by atoms with Crippen molar-refractivity contribution in [3.8, 4) is 17.6 Å². The average molecular weight is 249 g/mol. The quantitative estimate of drug-likeness (QED) is 0.764. The standard InChI is InChI=1S/C12H6ClFN2O/c13-12-8(7-15)10(5-6-16-12)17-11-4-2-1-3-9(11)14/h1-6H. The zero-order valence-electron chi connectivity index (χ0n) is 8.52. The second kappa shape index (κ2) is 4.81. The first kappa shape index (κ1) is 11.4. The molecular weight excluding hydrogens is 243 g/mol. The molecule has 84 valence electrons. The van der Waals surface area contributed by atoms with Crippen molar-refractivity contribution < 1.29 is 9.13 Å². The van der Waals surface area contributed by atoms with Crippen molar-refractivity contribution in [2.45, 2.75) is 0 Å². The predicted octanol–water partition coefficient (Wildman–Crippen LogP) is 3.54. The van der Waals surface area contributed by atoms with Gasteiger partial charge >= 0.3 is 0 Å². The molecule has 0 unspecified atom stereocenters. The van der Waals surface area contributed by atoms with E-state index in [2.05, 4.69) is 4.98 Å². The summed E-state index contributed by atoms with van der Waals surface area (Å²) in [6.07, 6.45) is 1.39. The smallest absolute Gasteiger partial charge is 0.165 e. The molecule has 17 heavy (non-hydrogen) atoms. The van der Waals surface area contributed by atoms with Crippen LogP contribution >= 0.6 is 11.6 Å². The highest BCUT2D eigenvalue weighted by Gasteiger charge is 2.11. The SMILES string of the molecule is N#Cc1c(Oc2ccccc2F)ccnc1Cl. The molecule has 3 nitrogen and oxygen atoms in total. The van der Waals surface area contributed by atoms with Crippen molar-refractivity contribution >= 4 is 11.6 Å². The lowest BCUT2D eigenvalue weighted by Crippen LogP contribution is -1.92. The topological polar surface area (TPSA) is 45.9 Å². The third kappa shape index (κ3) is 2.35. The van der Waals surface area contributed by atoms with Crippen LogP contribution in [0.1, 0.15) is 5.56 Å². The number of rotatable bonds is 2. The van der Waals surface area contributed by atoms with Gasteiger partial charge in [-0.1, -0.05) is 23.7 Å². The van der Waals surface area contributed by atoms with Gasteiger partial charge in [-0.05, 0) is 12.1 Å². The van der Waals surface area contributed by atoms with E-state index in [-0.39, 0.29) is 22.2 Å². The van der Waals surface area contributed by atoms with E-state index in [0.29, 0.717) is 0 Å². The summed E-state index contributed by atoms with van der Waals surface area (Å²) in [7, 11) is 0. The van der Waals surface area contributed by atoms with Crippen LogP contribution in [0.25, 0.3) is 0 Å². The molecule has 0 N–H and O–H groups in total. The summed E-state index contributed by atoms with van der Waals surface area (Å²) in [4.78, 5) is 3.74. The Kier molecular flexibility index (Phi) is 3.22. The van der Waals surface area contributed by atoms with E-state index < -0.39 is 5.82 Å². The molecule has 1 aromatic heterocycles. The lowest BCUT2D eigenvalue weighted by Gasteiger charge is -2.08. The molecule has 1 heterocycles. The number of aromatic nitrogens is 1. The highest BCUT2D eigenvalue weighted by atomic mass is 35.5. The van der Waals surface area contributed by atoms with E-state index in [9.17, 15) is 4.39 Å². The summed E-state index contributed by atoms with van der Waals surface area (Å²) >= 11 is 5.73. The average Bonchev–Trinajstić information content (AvgIpc) is 2.32. The third-order valence-corrected chi connectivity index (χ3v) is 2.32. The highest BCUT2D eigenvalue weighted by Crippen LogP contribution is 2.29. The van der Waals surface area contributed by atoms with Crippen molar-refractivity contribution in [3.63, 3.8) is 0 Å². The van der Waals surface area contributed by atoms with Gasteiger partial charge in [0, 0.05) is 12.3 Å².